The molecule has 0 aliphatic heterocycles. The van der Waals surface area contributed by atoms with E-state index in [1.165, 1.54) is 25.3 Å². The molecule has 10 heteroatoms. The van der Waals surface area contributed by atoms with Crippen LogP contribution in [0.4, 0.5) is 10.1 Å². The second-order valence-corrected chi connectivity index (χ2v) is 8.19. The van der Waals surface area contributed by atoms with Crippen molar-refractivity contribution >= 4 is 39.4 Å². The number of amides is 1. The van der Waals surface area contributed by atoms with Crippen LogP contribution < -0.4 is 14.5 Å². The van der Waals surface area contributed by atoms with Gasteiger partial charge in [0.05, 0.1) is 30.3 Å². The van der Waals surface area contributed by atoms with Crippen LogP contribution in [0.1, 0.15) is 11.1 Å². The normalized spacial score (nSPS) is 11.5. The van der Waals surface area contributed by atoms with Gasteiger partial charge in [-0.15, -0.1) is 0 Å². The molecule has 0 aliphatic rings. The number of rotatable bonds is 7. The summed E-state index contributed by atoms with van der Waals surface area (Å²) in [4.78, 5) is 12.2. The Hall–Kier alpha value is -2.65. The van der Waals surface area contributed by atoms with E-state index in [-0.39, 0.29) is 16.3 Å². The van der Waals surface area contributed by atoms with E-state index in [4.69, 9.17) is 16.3 Å². The van der Waals surface area contributed by atoms with Crippen molar-refractivity contribution in [2.45, 2.75) is 6.92 Å². The van der Waals surface area contributed by atoms with Crippen molar-refractivity contribution in [1.82, 2.24) is 5.43 Å². The van der Waals surface area contributed by atoms with E-state index in [0.29, 0.717) is 5.75 Å². The van der Waals surface area contributed by atoms with Gasteiger partial charge in [-0.3, -0.25) is 9.10 Å². The quantitative estimate of drug-likeness (QED) is 0.543. The molecule has 0 saturated carbocycles. The number of carbonyl (C=O) groups is 1. The monoisotopic (exact) mass is 427 g/mol. The maximum Gasteiger partial charge on any atom is 0.260 e. The van der Waals surface area contributed by atoms with E-state index in [9.17, 15) is 17.6 Å². The lowest BCUT2D eigenvalue weighted by molar-refractivity contribution is -0.119. The molecule has 0 spiro atoms. The maximum atomic E-state index is 13.7. The third-order valence-corrected chi connectivity index (χ3v) is 5.13. The fraction of sp³-hybridized carbons (Fsp3) is 0.222. The fourth-order valence-electron chi connectivity index (χ4n) is 2.34. The number of hydrogen-bond acceptors (Lipinski definition) is 5. The fourth-order valence-corrected chi connectivity index (χ4v) is 3.41. The summed E-state index contributed by atoms with van der Waals surface area (Å²) in [5.41, 5.74) is 3.19. The number of hydrogen-bond donors (Lipinski definition) is 1. The number of nitrogens with zero attached hydrogens (tertiary/aromatic N) is 2. The number of ether oxygens (including phenoxy) is 1. The van der Waals surface area contributed by atoms with Crippen molar-refractivity contribution < 1.29 is 22.3 Å². The minimum Gasteiger partial charge on any atom is -0.495 e. The molecule has 2 rings (SSSR count). The summed E-state index contributed by atoms with van der Waals surface area (Å²) in [6.07, 6.45) is 2.03. The molecule has 0 saturated heterocycles. The summed E-state index contributed by atoms with van der Waals surface area (Å²) in [5, 5.41) is 3.78. The van der Waals surface area contributed by atoms with Crippen molar-refractivity contribution in [2.75, 3.05) is 24.2 Å². The van der Waals surface area contributed by atoms with E-state index >= 15 is 0 Å². The zero-order valence-corrected chi connectivity index (χ0v) is 17.0. The van der Waals surface area contributed by atoms with Crippen molar-refractivity contribution in [2.24, 2.45) is 5.10 Å². The molecule has 28 heavy (non-hydrogen) atoms. The van der Waals surface area contributed by atoms with Gasteiger partial charge >= 0.3 is 0 Å². The third kappa shape index (κ3) is 5.43. The summed E-state index contributed by atoms with van der Waals surface area (Å²) in [7, 11) is -2.39. The first kappa shape index (κ1) is 21.6. The molecule has 150 valence electrons. The van der Waals surface area contributed by atoms with Crippen LogP contribution >= 0.6 is 11.6 Å². The van der Waals surface area contributed by atoms with Crippen molar-refractivity contribution in [3.63, 3.8) is 0 Å². The molecule has 0 atom stereocenters. The number of carbonyl (C=O) groups excluding carboxylic acids is 1. The molecule has 0 radical (unpaired) electrons. The molecule has 2 aromatic rings. The van der Waals surface area contributed by atoms with Crippen LogP contribution in [0.2, 0.25) is 5.02 Å². The number of methoxy groups -OCH3 is 1. The Balaban J connectivity index is 2.21. The molecule has 0 fully saturated rings. The molecule has 0 aromatic heterocycles. The SMILES string of the molecule is COc1ccc(C)cc1N(CC(=O)N/N=C\c1c(F)cccc1Cl)S(C)(=O)=O. The highest BCUT2D eigenvalue weighted by Gasteiger charge is 2.24. The van der Waals surface area contributed by atoms with Crippen LogP contribution in [0.15, 0.2) is 41.5 Å². The summed E-state index contributed by atoms with van der Waals surface area (Å²) in [5.74, 6) is -1.03. The van der Waals surface area contributed by atoms with Gasteiger partial charge in [0.1, 0.15) is 18.1 Å². The Morgan fingerprint density at radius 1 is 1.36 bits per heavy atom. The van der Waals surface area contributed by atoms with Crippen molar-refractivity contribution in [3.05, 3.63) is 58.4 Å². The zero-order chi connectivity index (χ0) is 20.9. The summed E-state index contributed by atoms with van der Waals surface area (Å²) < 4.78 is 44.2. The van der Waals surface area contributed by atoms with Crippen molar-refractivity contribution in [1.29, 1.82) is 0 Å². The minimum absolute atomic E-state index is 0.00443. The van der Waals surface area contributed by atoms with Crippen LogP contribution in [0.25, 0.3) is 0 Å². The van der Waals surface area contributed by atoms with Crippen LogP contribution in [0.3, 0.4) is 0 Å². The van der Waals surface area contributed by atoms with E-state index in [1.807, 2.05) is 0 Å². The second kappa shape index (κ2) is 9.03. The first-order chi connectivity index (χ1) is 13.1. The zero-order valence-electron chi connectivity index (χ0n) is 15.4. The molecule has 2 aromatic carbocycles. The molecular formula is C18H19ClFN3O4S. The van der Waals surface area contributed by atoms with Gasteiger partial charge in [-0.05, 0) is 36.8 Å². The Morgan fingerprint density at radius 3 is 2.68 bits per heavy atom. The standard InChI is InChI=1S/C18H19ClFN3O4S/c1-12-7-8-17(27-2)16(9-12)23(28(3,25)26)11-18(24)22-21-10-13-14(19)5-4-6-15(13)20/h4-10H,11H2,1-3H3,(H,22,24)/b21-10-. The van der Waals surface area contributed by atoms with Gasteiger partial charge in [-0.1, -0.05) is 23.7 Å². The van der Waals surface area contributed by atoms with Gasteiger partial charge in [0.2, 0.25) is 10.0 Å². The molecule has 7 nitrogen and oxygen atoms in total. The topological polar surface area (TPSA) is 88.1 Å². The van der Waals surface area contributed by atoms with E-state index < -0.39 is 28.3 Å². The van der Waals surface area contributed by atoms with E-state index in [2.05, 4.69) is 10.5 Å². The highest BCUT2D eigenvalue weighted by atomic mass is 35.5. The Labute approximate surface area is 167 Å². The summed E-state index contributed by atoms with van der Waals surface area (Å²) in [6.45, 7) is 1.24. The van der Waals surface area contributed by atoms with Gasteiger partial charge in [0, 0.05) is 5.56 Å². The Morgan fingerprint density at radius 2 is 2.07 bits per heavy atom. The highest BCUT2D eigenvalue weighted by molar-refractivity contribution is 7.92. The average Bonchev–Trinajstić information content (AvgIpc) is 2.61. The lowest BCUT2D eigenvalue weighted by Crippen LogP contribution is -2.39. The van der Waals surface area contributed by atoms with E-state index in [0.717, 1.165) is 22.3 Å². The molecule has 0 heterocycles. The number of anilines is 1. The largest absolute Gasteiger partial charge is 0.495 e. The molecule has 1 N–H and O–H groups in total. The maximum absolute atomic E-state index is 13.7. The first-order valence-electron chi connectivity index (χ1n) is 8.01. The van der Waals surface area contributed by atoms with Gasteiger partial charge in [0.15, 0.2) is 0 Å². The molecule has 0 bridgehead atoms. The number of aryl methyl sites for hydroxylation is 1. The number of nitrogens with one attached hydrogen (secondary N) is 1. The predicted octanol–water partition coefficient (Wildman–Crippen LogP) is 2.71. The Kier molecular flexibility index (Phi) is 6.98. The lowest BCUT2D eigenvalue weighted by Gasteiger charge is -2.23. The third-order valence-electron chi connectivity index (χ3n) is 3.67. The molecule has 0 unspecified atom stereocenters. The van der Waals surface area contributed by atoms with Crippen LogP contribution in [0.5, 0.6) is 5.75 Å². The van der Waals surface area contributed by atoms with E-state index in [1.54, 1.807) is 25.1 Å². The van der Waals surface area contributed by atoms with Gasteiger partial charge in [-0.25, -0.2) is 18.2 Å². The number of sulfonamides is 1. The van der Waals surface area contributed by atoms with Gasteiger partial charge in [-0.2, -0.15) is 5.10 Å². The number of hydrazone groups is 1. The number of benzene rings is 2. The molecule has 1 amide bonds. The first-order valence-corrected chi connectivity index (χ1v) is 10.2. The lowest BCUT2D eigenvalue weighted by atomic mass is 10.2. The average molecular weight is 428 g/mol. The predicted molar refractivity (Wildman–Crippen MR) is 107 cm³/mol. The minimum atomic E-state index is -3.79. The Bertz CT molecular complexity index is 992. The van der Waals surface area contributed by atoms with Gasteiger partial charge < -0.3 is 4.74 Å². The summed E-state index contributed by atoms with van der Waals surface area (Å²) >= 11 is 5.87. The smallest absolute Gasteiger partial charge is 0.260 e. The second-order valence-electron chi connectivity index (χ2n) is 5.87. The molecular weight excluding hydrogens is 409 g/mol. The number of halogens is 2. The van der Waals surface area contributed by atoms with Crippen LogP contribution in [0, 0.1) is 12.7 Å². The van der Waals surface area contributed by atoms with Gasteiger partial charge in [0.25, 0.3) is 5.91 Å². The highest BCUT2D eigenvalue weighted by Crippen LogP contribution is 2.30. The summed E-state index contributed by atoms with van der Waals surface area (Å²) in [6, 6.07) is 9.07. The van der Waals surface area contributed by atoms with Crippen molar-refractivity contribution in [3.8, 4) is 5.75 Å². The molecule has 0 aliphatic carbocycles. The van der Waals surface area contributed by atoms with Crippen LogP contribution in [-0.4, -0.2) is 40.4 Å². The van der Waals surface area contributed by atoms with Crippen LogP contribution in [-0.2, 0) is 14.8 Å².